The highest BCUT2D eigenvalue weighted by atomic mass is 16.5. The van der Waals surface area contributed by atoms with E-state index in [1.54, 1.807) is 6.92 Å². The van der Waals surface area contributed by atoms with E-state index in [1.807, 2.05) is 25.4 Å². The molecule has 1 saturated heterocycles. The number of pyridine rings is 1. The second-order valence-electron chi connectivity index (χ2n) is 5.05. The average molecular weight is 289 g/mol. The van der Waals surface area contributed by atoms with Crippen LogP contribution in [0, 0.1) is 6.92 Å². The van der Waals surface area contributed by atoms with Crippen molar-refractivity contribution in [3.63, 3.8) is 0 Å². The molecule has 0 aliphatic carbocycles. The minimum atomic E-state index is -0.0161. The maximum Gasteiger partial charge on any atom is 0.223 e. The quantitative estimate of drug-likeness (QED) is 0.911. The van der Waals surface area contributed by atoms with E-state index in [-0.39, 0.29) is 6.10 Å². The predicted molar refractivity (Wildman–Crippen MR) is 76.8 cm³/mol. The molecule has 112 valence electrons. The van der Waals surface area contributed by atoms with Gasteiger partial charge in [0.25, 0.3) is 0 Å². The number of nitrogens with one attached hydrogen (secondary N) is 1. The summed E-state index contributed by atoms with van der Waals surface area (Å²) in [6, 6.07) is 4.01. The Kier molecular flexibility index (Phi) is 4.12. The van der Waals surface area contributed by atoms with E-state index in [2.05, 4.69) is 25.3 Å². The Morgan fingerprint density at radius 1 is 1.43 bits per heavy atom. The molecule has 3 heterocycles. The number of nitrogens with zero attached hydrogens (tertiary/aromatic N) is 4. The van der Waals surface area contributed by atoms with Crippen LogP contribution in [0.1, 0.15) is 23.5 Å². The van der Waals surface area contributed by atoms with Gasteiger partial charge >= 0.3 is 0 Å². The van der Waals surface area contributed by atoms with Gasteiger partial charge in [-0.3, -0.25) is 9.88 Å². The zero-order valence-electron chi connectivity index (χ0n) is 12.2. The molecule has 0 spiro atoms. The molecule has 1 aliphatic rings. The molecule has 1 unspecified atom stereocenters. The van der Waals surface area contributed by atoms with Crippen molar-refractivity contribution >= 4 is 5.69 Å². The van der Waals surface area contributed by atoms with Gasteiger partial charge in [-0.1, -0.05) is 5.16 Å². The highest BCUT2D eigenvalue weighted by Crippen LogP contribution is 2.22. The van der Waals surface area contributed by atoms with Crippen molar-refractivity contribution in [3.8, 4) is 0 Å². The van der Waals surface area contributed by atoms with E-state index >= 15 is 0 Å². The predicted octanol–water partition coefficient (Wildman–Crippen LogP) is 1.39. The molecule has 1 atom stereocenters. The Balaban J connectivity index is 1.64. The smallest absolute Gasteiger partial charge is 0.223 e. The van der Waals surface area contributed by atoms with Crippen LogP contribution in [0.2, 0.25) is 0 Å². The van der Waals surface area contributed by atoms with Crippen molar-refractivity contribution in [3.05, 3.63) is 35.7 Å². The summed E-state index contributed by atoms with van der Waals surface area (Å²) in [5.41, 5.74) is 1.94. The molecule has 2 aromatic heterocycles. The van der Waals surface area contributed by atoms with Crippen LogP contribution in [-0.4, -0.2) is 46.8 Å². The second kappa shape index (κ2) is 6.19. The fourth-order valence-corrected chi connectivity index (χ4v) is 2.37. The van der Waals surface area contributed by atoms with Crippen molar-refractivity contribution in [1.82, 2.24) is 20.0 Å². The lowest BCUT2D eigenvalue weighted by atomic mass is 10.2. The molecule has 0 radical (unpaired) electrons. The Hall–Kier alpha value is -1.99. The zero-order valence-corrected chi connectivity index (χ0v) is 12.2. The van der Waals surface area contributed by atoms with Gasteiger partial charge in [0.1, 0.15) is 6.10 Å². The summed E-state index contributed by atoms with van der Waals surface area (Å²) in [7, 11) is 1.88. The lowest BCUT2D eigenvalue weighted by Gasteiger charge is -2.31. The number of anilines is 1. The Labute approximate surface area is 123 Å². The fourth-order valence-electron chi connectivity index (χ4n) is 2.37. The third kappa shape index (κ3) is 3.37. The van der Waals surface area contributed by atoms with Gasteiger partial charge in [-0.25, -0.2) is 0 Å². The van der Waals surface area contributed by atoms with Gasteiger partial charge in [0.2, 0.25) is 5.89 Å². The van der Waals surface area contributed by atoms with Crippen molar-refractivity contribution < 1.29 is 9.26 Å². The molecule has 7 nitrogen and oxygen atoms in total. The van der Waals surface area contributed by atoms with E-state index < -0.39 is 0 Å². The van der Waals surface area contributed by atoms with Gasteiger partial charge in [0.15, 0.2) is 5.82 Å². The summed E-state index contributed by atoms with van der Waals surface area (Å²) in [5.74, 6) is 1.31. The Morgan fingerprint density at radius 2 is 2.33 bits per heavy atom. The van der Waals surface area contributed by atoms with Crippen LogP contribution >= 0.6 is 0 Å². The summed E-state index contributed by atoms with van der Waals surface area (Å²) < 4.78 is 10.8. The monoisotopic (exact) mass is 289 g/mol. The topological polar surface area (TPSA) is 76.3 Å². The molecular formula is C14H19N5O2. The van der Waals surface area contributed by atoms with Crippen LogP contribution in [0.5, 0.6) is 0 Å². The van der Waals surface area contributed by atoms with Gasteiger partial charge < -0.3 is 14.6 Å². The van der Waals surface area contributed by atoms with Crippen molar-refractivity contribution in [2.75, 3.05) is 32.1 Å². The number of aromatic nitrogens is 3. The van der Waals surface area contributed by atoms with E-state index in [1.165, 1.54) is 0 Å². The zero-order chi connectivity index (χ0) is 14.7. The van der Waals surface area contributed by atoms with Gasteiger partial charge in [0, 0.05) is 27.1 Å². The van der Waals surface area contributed by atoms with Gasteiger partial charge in [0.05, 0.1) is 30.7 Å². The first kappa shape index (κ1) is 14.0. The molecule has 1 fully saturated rings. The average Bonchev–Trinajstić information content (AvgIpc) is 2.93. The van der Waals surface area contributed by atoms with E-state index in [0.29, 0.717) is 24.9 Å². The van der Waals surface area contributed by atoms with Gasteiger partial charge in [-0.2, -0.15) is 4.98 Å². The van der Waals surface area contributed by atoms with Crippen LogP contribution in [0.3, 0.4) is 0 Å². The molecule has 7 heteroatoms. The lowest BCUT2D eigenvalue weighted by molar-refractivity contribution is -0.0358. The van der Waals surface area contributed by atoms with Crippen LogP contribution < -0.4 is 5.32 Å². The fraction of sp³-hybridized carbons (Fsp3) is 0.500. The first-order chi connectivity index (χ1) is 10.2. The number of rotatable bonds is 4. The summed E-state index contributed by atoms with van der Waals surface area (Å²) in [6.45, 7) is 4.78. The molecule has 0 amide bonds. The van der Waals surface area contributed by atoms with E-state index in [0.717, 1.165) is 24.5 Å². The van der Waals surface area contributed by atoms with Gasteiger partial charge in [-0.05, 0) is 12.1 Å². The summed E-state index contributed by atoms with van der Waals surface area (Å²) in [5, 5.41) is 7.00. The summed E-state index contributed by atoms with van der Waals surface area (Å²) in [6.07, 6.45) is 1.80. The molecule has 1 aliphatic heterocycles. The van der Waals surface area contributed by atoms with Crippen molar-refractivity contribution in [2.45, 2.75) is 19.6 Å². The van der Waals surface area contributed by atoms with E-state index in [9.17, 15) is 0 Å². The van der Waals surface area contributed by atoms with E-state index in [4.69, 9.17) is 9.26 Å². The SMILES string of the molecule is CNc1ccc(C2CN(Cc3noc(C)n3)CCO2)nc1. The normalized spacial score (nSPS) is 19.6. The standard InChI is InChI=1S/C14H19N5O2/c1-10-17-14(18-21-10)9-19-5-6-20-13(8-19)12-4-3-11(15-2)7-16-12/h3-4,7,13,15H,5-6,8-9H2,1-2H3. The minimum Gasteiger partial charge on any atom is -0.387 e. The second-order valence-corrected chi connectivity index (χ2v) is 5.05. The number of ether oxygens (including phenoxy) is 1. The third-order valence-corrected chi connectivity index (χ3v) is 3.49. The number of hydrogen-bond acceptors (Lipinski definition) is 7. The summed E-state index contributed by atoms with van der Waals surface area (Å²) >= 11 is 0. The molecule has 0 saturated carbocycles. The molecule has 3 rings (SSSR count). The van der Waals surface area contributed by atoms with Crippen LogP contribution in [0.25, 0.3) is 0 Å². The number of aryl methyl sites for hydroxylation is 1. The van der Waals surface area contributed by atoms with Crippen molar-refractivity contribution in [1.29, 1.82) is 0 Å². The summed E-state index contributed by atoms with van der Waals surface area (Å²) in [4.78, 5) is 11.0. The first-order valence-electron chi connectivity index (χ1n) is 7.01. The molecule has 21 heavy (non-hydrogen) atoms. The third-order valence-electron chi connectivity index (χ3n) is 3.49. The maximum atomic E-state index is 5.82. The molecule has 2 aromatic rings. The molecular weight excluding hydrogens is 270 g/mol. The molecule has 0 bridgehead atoms. The van der Waals surface area contributed by atoms with Crippen molar-refractivity contribution in [2.24, 2.45) is 0 Å². The largest absolute Gasteiger partial charge is 0.387 e. The number of morpholine rings is 1. The highest BCUT2D eigenvalue weighted by Gasteiger charge is 2.24. The van der Waals surface area contributed by atoms with Crippen LogP contribution in [0.4, 0.5) is 5.69 Å². The molecule has 0 aromatic carbocycles. The molecule has 1 N–H and O–H groups in total. The Morgan fingerprint density at radius 3 is 3.00 bits per heavy atom. The van der Waals surface area contributed by atoms with Gasteiger partial charge in [-0.15, -0.1) is 0 Å². The highest BCUT2D eigenvalue weighted by molar-refractivity contribution is 5.40. The van der Waals surface area contributed by atoms with Crippen LogP contribution in [0.15, 0.2) is 22.9 Å². The number of hydrogen-bond donors (Lipinski definition) is 1. The lowest BCUT2D eigenvalue weighted by Crippen LogP contribution is -2.38. The maximum absolute atomic E-state index is 5.82. The Bertz CT molecular complexity index is 583. The minimum absolute atomic E-state index is 0.0161. The van der Waals surface area contributed by atoms with Crippen LogP contribution in [-0.2, 0) is 11.3 Å². The first-order valence-corrected chi connectivity index (χ1v) is 7.01.